The van der Waals surface area contributed by atoms with Crippen molar-refractivity contribution in [1.29, 1.82) is 0 Å². The zero-order valence-corrected chi connectivity index (χ0v) is 21.6. The lowest BCUT2D eigenvalue weighted by atomic mass is 9.98. The first-order valence-electron chi connectivity index (χ1n) is 12.4. The number of carbonyl (C=O) groups is 1. The molecule has 8 nitrogen and oxygen atoms in total. The quantitative estimate of drug-likeness (QED) is 0.252. The molecule has 0 saturated heterocycles. The van der Waals surface area contributed by atoms with Gasteiger partial charge in [0.1, 0.15) is 12.2 Å². The number of amides is 1. The van der Waals surface area contributed by atoms with Crippen molar-refractivity contribution < 1.29 is 18.7 Å². The molecule has 9 heteroatoms. The monoisotopic (exact) mass is 539 g/mol. The number of hydrogen-bond acceptors (Lipinski definition) is 7. The predicted octanol–water partition coefficient (Wildman–Crippen LogP) is 5.96. The highest BCUT2D eigenvalue weighted by Gasteiger charge is 2.45. The van der Waals surface area contributed by atoms with E-state index in [2.05, 4.69) is 9.97 Å². The van der Waals surface area contributed by atoms with Crippen LogP contribution in [-0.2, 0) is 6.61 Å². The van der Waals surface area contributed by atoms with Gasteiger partial charge in [-0.2, -0.15) is 0 Å². The summed E-state index contributed by atoms with van der Waals surface area (Å²) in [4.78, 5) is 37.5. The Morgan fingerprint density at radius 3 is 2.49 bits per heavy atom. The maximum absolute atomic E-state index is 13.8. The molecule has 1 aliphatic rings. The number of benzene rings is 3. The molecular weight excluding hydrogens is 518 g/mol. The lowest BCUT2D eigenvalue weighted by Gasteiger charge is -2.24. The first-order chi connectivity index (χ1) is 19.0. The fourth-order valence-electron chi connectivity index (χ4n) is 4.70. The molecule has 6 rings (SSSR count). The third kappa shape index (κ3) is 4.49. The highest BCUT2D eigenvalue weighted by atomic mass is 35.5. The number of fused-ring (bicyclic) bond motifs is 2. The first-order valence-corrected chi connectivity index (χ1v) is 12.7. The van der Waals surface area contributed by atoms with E-state index in [1.165, 1.54) is 17.3 Å². The molecule has 3 heterocycles. The average molecular weight is 540 g/mol. The van der Waals surface area contributed by atoms with Gasteiger partial charge in [-0.05, 0) is 54.4 Å². The van der Waals surface area contributed by atoms with Crippen LogP contribution in [0.4, 0.5) is 5.95 Å². The molecule has 1 aliphatic heterocycles. The molecule has 0 N–H and O–H groups in total. The molecule has 0 saturated carbocycles. The predicted molar refractivity (Wildman–Crippen MR) is 147 cm³/mol. The van der Waals surface area contributed by atoms with E-state index in [9.17, 15) is 9.59 Å². The lowest BCUT2D eigenvalue weighted by molar-refractivity contribution is 0.0969. The highest BCUT2D eigenvalue weighted by molar-refractivity contribution is 6.31. The molecule has 0 radical (unpaired) electrons. The second-order valence-corrected chi connectivity index (χ2v) is 9.29. The van der Waals surface area contributed by atoms with E-state index in [-0.39, 0.29) is 33.7 Å². The summed E-state index contributed by atoms with van der Waals surface area (Å²) in [5, 5.41) is 0.667. The number of aromatic nitrogens is 2. The van der Waals surface area contributed by atoms with E-state index >= 15 is 0 Å². The van der Waals surface area contributed by atoms with E-state index in [0.717, 1.165) is 5.56 Å². The van der Waals surface area contributed by atoms with Crippen LogP contribution in [0.25, 0.3) is 11.0 Å². The van der Waals surface area contributed by atoms with E-state index in [4.69, 9.17) is 25.5 Å². The number of ether oxygens (including phenoxy) is 2. The van der Waals surface area contributed by atoms with Crippen LogP contribution in [0.15, 0.2) is 94.4 Å². The number of nitrogens with zero attached hydrogens (tertiary/aromatic N) is 3. The Hall–Kier alpha value is -4.69. The number of anilines is 1. The molecule has 0 aliphatic carbocycles. The van der Waals surface area contributed by atoms with Gasteiger partial charge in [0, 0.05) is 17.4 Å². The summed E-state index contributed by atoms with van der Waals surface area (Å²) in [6, 6.07) is 20.6. The number of carbonyl (C=O) groups excluding carboxylic acids is 1. The number of rotatable bonds is 7. The molecule has 0 fully saturated rings. The van der Waals surface area contributed by atoms with Crippen LogP contribution in [0.2, 0.25) is 5.02 Å². The fourth-order valence-corrected chi connectivity index (χ4v) is 4.87. The Morgan fingerprint density at radius 2 is 1.72 bits per heavy atom. The minimum absolute atomic E-state index is 0.0605. The summed E-state index contributed by atoms with van der Waals surface area (Å²) in [6.07, 6.45) is 3.07. The Morgan fingerprint density at radius 1 is 0.923 bits per heavy atom. The minimum atomic E-state index is -0.864. The maximum Gasteiger partial charge on any atom is 0.297 e. The molecule has 2 aromatic heterocycles. The van der Waals surface area contributed by atoms with Gasteiger partial charge in [0.15, 0.2) is 16.9 Å². The van der Waals surface area contributed by atoms with Crippen molar-refractivity contribution in [1.82, 2.24) is 9.97 Å². The van der Waals surface area contributed by atoms with Crippen molar-refractivity contribution in [3.05, 3.63) is 123 Å². The van der Waals surface area contributed by atoms with Crippen LogP contribution in [-0.4, -0.2) is 22.5 Å². The van der Waals surface area contributed by atoms with E-state index in [0.29, 0.717) is 35.3 Å². The fraction of sp³-hybridized carbons (Fsp3) is 0.133. The Labute approximate surface area is 228 Å². The third-order valence-electron chi connectivity index (χ3n) is 6.42. The zero-order chi connectivity index (χ0) is 26.9. The van der Waals surface area contributed by atoms with Gasteiger partial charge in [-0.15, -0.1) is 0 Å². The van der Waals surface area contributed by atoms with Gasteiger partial charge in [0.25, 0.3) is 5.91 Å². The van der Waals surface area contributed by atoms with Gasteiger partial charge in [-0.3, -0.25) is 14.5 Å². The van der Waals surface area contributed by atoms with E-state index in [1.807, 2.05) is 37.3 Å². The lowest BCUT2D eigenvalue weighted by Crippen LogP contribution is -2.31. The van der Waals surface area contributed by atoms with Gasteiger partial charge in [0.2, 0.25) is 11.7 Å². The van der Waals surface area contributed by atoms with Crippen LogP contribution >= 0.6 is 11.6 Å². The van der Waals surface area contributed by atoms with E-state index < -0.39 is 11.9 Å². The topological polar surface area (TPSA) is 94.8 Å². The largest absolute Gasteiger partial charge is 0.490 e. The van der Waals surface area contributed by atoms with Crippen molar-refractivity contribution in [3.63, 3.8) is 0 Å². The second-order valence-electron chi connectivity index (χ2n) is 8.85. The number of hydrogen-bond donors (Lipinski definition) is 0. The third-order valence-corrected chi connectivity index (χ3v) is 6.66. The maximum atomic E-state index is 13.8. The van der Waals surface area contributed by atoms with E-state index in [1.54, 1.807) is 42.5 Å². The minimum Gasteiger partial charge on any atom is -0.490 e. The standard InChI is InChI=1S/C30H22ClN3O5/c1-2-37-24-15-19(9-11-23(24)38-17-18-7-4-3-5-8-18)26-25-27(35)21-16-20(31)10-12-22(21)39-28(25)29(36)34(26)30-32-13-6-14-33-30/h3-16,26H,2,17H2,1H3. The molecule has 1 atom stereocenters. The van der Waals surface area contributed by atoms with Crippen LogP contribution < -0.4 is 19.8 Å². The first kappa shape index (κ1) is 24.6. The van der Waals surface area contributed by atoms with Crippen LogP contribution in [0.5, 0.6) is 11.5 Å². The number of halogens is 1. The summed E-state index contributed by atoms with van der Waals surface area (Å²) in [5.74, 6) is 0.581. The van der Waals surface area contributed by atoms with Crippen LogP contribution in [0, 0.1) is 0 Å². The van der Waals surface area contributed by atoms with Gasteiger partial charge in [-0.1, -0.05) is 48.0 Å². The summed E-state index contributed by atoms with van der Waals surface area (Å²) in [7, 11) is 0. The molecule has 0 bridgehead atoms. The van der Waals surface area contributed by atoms with Crippen molar-refractivity contribution in [3.8, 4) is 11.5 Å². The van der Waals surface area contributed by atoms with Crippen LogP contribution in [0.1, 0.15) is 40.2 Å². The smallest absolute Gasteiger partial charge is 0.297 e. The van der Waals surface area contributed by atoms with Crippen LogP contribution in [0.3, 0.4) is 0 Å². The Bertz CT molecular complexity index is 1740. The van der Waals surface area contributed by atoms with Crippen molar-refractivity contribution in [2.24, 2.45) is 0 Å². The summed E-state index contributed by atoms with van der Waals surface area (Å²) >= 11 is 6.19. The molecule has 194 valence electrons. The average Bonchev–Trinajstić information content (AvgIpc) is 3.26. The van der Waals surface area contributed by atoms with Gasteiger partial charge in [-0.25, -0.2) is 9.97 Å². The second kappa shape index (κ2) is 10.2. The molecule has 1 unspecified atom stereocenters. The SMILES string of the molecule is CCOc1cc(C2c3c(oc4ccc(Cl)cc4c3=O)C(=O)N2c2ncccn2)ccc1OCc1ccccc1. The molecule has 5 aromatic rings. The van der Waals surface area contributed by atoms with Gasteiger partial charge < -0.3 is 13.9 Å². The van der Waals surface area contributed by atoms with Crippen molar-refractivity contribution >= 4 is 34.4 Å². The highest BCUT2D eigenvalue weighted by Crippen LogP contribution is 2.42. The zero-order valence-electron chi connectivity index (χ0n) is 20.8. The molecule has 0 spiro atoms. The van der Waals surface area contributed by atoms with Crippen molar-refractivity contribution in [2.75, 3.05) is 11.5 Å². The molecule has 1 amide bonds. The normalized spacial score (nSPS) is 14.5. The van der Waals surface area contributed by atoms with Gasteiger partial charge >= 0.3 is 0 Å². The Balaban J connectivity index is 1.50. The molecule has 3 aromatic carbocycles. The summed E-state index contributed by atoms with van der Waals surface area (Å²) < 4.78 is 18.0. The summed E-state index contributed by atoms with van der Waals surface area (Å²) in [5.41, 5.74) is 1.72. The van der Waals surface area contributed by atoms with Gasteiger partial charge in [0.05, 0.1) is 23.6 Å². The summed E-state index contributed by atoms with van der Waals surface area (Å²) in [6.45, 7) is 2.62. The Kier molecular flexibility index (Phi) is 6.46. The molecular formula is C30H22ClN3O5. The molecule has 39 heavy (non-hydrogen) atoms. The van der Waals surface area contributed by atoms with Crippen molar-refractivity contribution in [2.45, 2.75) is 19.6 Å².